The quantitative estimate of drug-likeness (QED) is 0.708. The van der Waals surface area contributed by atoms with Crippen molar-refractivity contribution < 1.29 is 9.90 Å². The molecule has 0 spiro atoms. The lowest BCUT2D eigenvalue weighted by Crippen LogP contribution is -2.19. The minimum absolute atomic E-state index is 0.245. The largest absolute Gasteiger partial charge is 0.481 e. The summed E-state index contributed by atoms with van der Waals surface area (Å²) in [5, 5.41) is 11.8. The highest BCUT2D eigenvalue weighted by molar-refractivity contribution is 5.66. The van der Waals surface area contributed by atoms with Crippen molar-refractivity contribution in [3.05, 3.63) is 34.9 Å². The van der Waals surface area contributed by atoms with E-state index in [0.717, 1.165) is 19.5 Å². The molecule has 0 bridgehead atoms. The van der Waals surface area contributed by atoms with Gasteiger partial charge < -0.3 is 10.4 Å². The van der Waals surface area contributed by atoms with Gasteiger partial charge in [-0.1, -0.05) is 32.0 Å². The van der Waals surface area contributed by atoms with Crippen LogP contribution < -0.4 is 5.32 Å². The SMILES string of the molecule is Cc1ccc(C(C)C)cc1CCNCCCC(=O)O. The fraction of sp³-hybridized carbons (Fsp3) is 0.562. The van der Waals surface area contributed by atoms with E-state index >= 15 is 0 Å². The molecule has 0 atom stereocenters. The zero-order chi connectivity index (χ0) is 14.3. The predicted molar refractivity (Wildman–Crippen MR) is 78.7 cm³/mol. The molecule has 0 fully saturated rings. The number of hydrogen-bond donors (Lipinski definition) is 2. The van der Waals surface area contributed by atoms with Crippen LogP contribution in [0.25, 0.3) is 0 Å². The van der Waals surface area contributed by atoms with Crippen LogP contribution in [0.4, 0.5) is 0 Å². The molecule has 106 valence electrons. The first-order valence-corrected chi connectivity index (χ1v) is 7.02. The molecule has 0 amide bonds. The number of aliphatic carboxylic acids is 1. The van der Waals surface area contributed by atoms with Crippen LogP contribution in [0.15, 0.2) is 18.2 Å². The molecule has 3 heteroatoms. The van der Waals surface area contributed by atoms with E-state index in [1.807, 2.05) is 0 Å². The average Bonchev–Trinajstić information content (AvgIpc) is 2.34. The van der Waals surface area contributed by atoms with Crippen molar-refractivity contribution in [2.45, 2.75) is 46.0 Å². The van der Waals surface area contributed by atoms with Crippen molar-refractivity contribution in [2.75, 3.05) is 13.1 Å². The Morgan fingerprint density at radius 3 is 2.68 bits per heavy atom. The van der Waals surface area contributed by atoms with E-state index in [2.05, 4.69) is 44.3 Å². The van der Waals surface area contributed by atoms with Gasteiger partial charge in [-0.05, 0) is 55.5 Å². The first kappa shape index (κ1) is 15.7. The van der Waals surface area contributed by atoms with Crippen LogP contribution in [-0.4, -0.2) is 24.2 Å². The Balaban J connectivity index is 2.36. The minimum Gasteiger partial charge on any atom is -0.481 e. The van der Waals surface area contributed by atoms with Crippen LogP contribution in [0.1, 0.15) is 49.3 Å². The second-order valence-electron chi connectivity index (χ2n) is 5.34. The van der Waals surface area contributed by atoms with Crippen LogP contribution >= 0.6 is 0 Å². The molecule has 0 aliphatic heterocycles. The maximum atomic E-state index is 10.4. The van der Waals surface area contributed by atoms with Crippen LogP contribution in [0.3, 0.4) is 0 Å². The summed E-state index contributed by atoms with van der Waals surface area (Å²) in [6.07, 6.45) is 1.94. The highest BCUT2D eigenvalue weighted by Gasteiger charge is 2.03. The molecular weight excluding hydrogens is 238 g/mol. The van der Waals surface area contributed by atoms with E-state index in [1.54, 1.807) is 0 Å². The molecule has 2 N–H and O–H groups in total. The zero-order valence-corrected chi connectivity index (χ0v) is 12.2. The minimum atomic E-state index is -0.720. The number of aryl methyl sites for hydroxylation is 1. The molecule has 0 radical (unpaired) electrons. The number of rotatable bonds is 8. The first-order chi connectivity index (χ1) is 9.00. The molecule has 1 rings (SSSR count). The van der Waals surface area contributed by atoms with Gasteiger partial charge >= 0.3 is 5.97 Å². The lowest BCUT2D eigenvalue weighted by Gasteiger charge is -2.11. The van der Waals surface area contributed by atoms with E-state index in [4.69, 9.17) is 5.11 Å². The monoisotopic (exact) mass is 263 g/mol. The first-order valence-electron chi connectivity index (χ1n) is 7.02. The van der Waals surface area contributed by atoms with E-state index < -0.39 is 5.97 Å². The fourth-order valence-electron chi connectivity index (χ4n) is 2.03. The lowest BCUT2D eigenvalue weighted by molar-refractivity contribution is -0.137. The normalized spacial score (nSPS) is 10.9. The van der Waals surface area contributed by atoms with Gasteiger partial charge in [-0.2, -0.15) is 0 Å². The Morgan fingerprint density at radius 1 is 1.32 bits per heavy atom. The number of benzene rings is 1. The molecule has 1 aromatic rings. The van der Waals surface area contributed by atoms with Gasteiger partial charge in [0.05, 0.1) is 0 Å². The summed E-state index contributed by atoms with van der Waals surface area (Å²) in [6, 6.07) is 6.68. The van der Waals surface area contributed by atoms with E-state index in [9.17, 15) is 4.79 Å². The molecule has 0 unspecified atom stereocenters. The second-order valence-corrected chi connectivity index (χ2v) is 5.34. The Labute approximate surface area is 116 Å². The van der Waals surface area contributed by atoms with Crippen molar-refractivity contribution in [1.82, 2.24) is 5.32 Å². The van der Waals surface area contributed by atoms with Gasteiger partial charge in [0.1, 0.15) is 0 Å². The van der Waals surface area contributed by atoms with Gasteiger partial charge in [0.15, 0.2) is 0 Å². The Bertz CT molecular complexity index is 413. The molecule has 0 saturated heterocycles. The highest BCUT2D eigenvalue weighted by atomic mass is 16.4. The summed E-state index contributed by atoms with van der Waals surface area (Å²) in [4.78, 5) is 10.4. The second kappa shape index (κ2) is 7.95. The third-order valence-corrected chi connectivity index (χ3v) is 3.36. The van der Waals surface area contributed by atoms with Gasteiger partial charge in [-0.25, -0.2) is 0 Å². The van der Waals surface area contributed by atoms with Crippen molar-refractivity contribution in [3.63, 3.8) is 0 Å². The molecular formula is C16H25NO2. The summed E-state index contributed by atoms with van der Waals surface area (Å²) < 4.78 is 0. The molecule has 19 heavy (non-hydrogen) atoms. The van der Waals surface area contributed by atoms with Gasteiger partial charge in [0, 0.05) is 6.42 Å². The van der Waals surface area contributed by atoms with Crippen LogP contribution in [0.5, 0.6) is 0 Å². The highest BCUT2D eigenvalue weighted by Crippen LogP contribution is 2.18. The van der Waals surface area contributed by atoms with Crippen molar-refractivity contribution in [3.8, 4) is 0 Å². The maximum absolute atomic E-state index is 10.4. The van der Waals surface area contributed by atoms with Crippen LogP contribution in [0.2, 0.25) is 0 Å². The maximum Gasteiger partial charge on any atom is 0.303 e. The van der Waals surface area contributed by atoms with Gasteiger partial charge in [-0.15, -0.1) is 0 Å². The number of carboxylic acids is 1. The number of nitrogens with one attached hydrogen (secondary N) is 1. The number of hydrogen-bond acceptors (Lipinski definition) is 2. The van der Waals surface area contributed by atoms with E-state index in [-0.39, 0.29) is 6.42 Å². The van der Waals surface area contributed by atoms with Crippen LogP contribution in [-0.2, 0) is 11.2 Å². The Morgan fingerprint density at radius 2 is 2.05 bits per heavy atom. The summed E-state index contributed by atoms with van der Waals surface area (Å²) in [5.41, 5.74) is 4.10. The number of carbonyl (C=O) groups is 1. The molecule has 0 aromatic heterocycles. The summed E-state index contributed by atoms with van der Waals surface area (Å²) in [6.45, 7) is 8.23. The Hall–Kier alpha value is -1.35. The van der Waals surface area contributed by atoms with Gasteiger partial charge in [0.25, 0.3) is 0 Å². The third-order valence-electron chi connectivity index (χ3n) is 3.36. The van der Waals surface area contributed by atoms with Gasteiger partial charge in [0.2, 0.25) is 0 Å². The van der Waals surface area contributed by atoms with Crippen molar-refractivity contribution in [1.29, 1.82) is 0 Å². The zero-order valence-electron chi connectivity index (χ0n) is 12.2. The van der Waals surface area contributed by atoms with E-state index in [0.29, 0.717) is 12.3 Å². The van der Waals surface area contributed by atoms with Crippen LogP contribution in [0, 0.1) is 6.92 Å². The van der Waals surface area contributed by atoms with Crippen molar-refractivity contribution in [2.24, 2.45) is 0 Å². The molecule has 0 heterocycles. The summed E-state index contributed by atoms with van der Waals surface area (Å²) in [5.74, 6) is -0.162. The molecule has 1 aromatic carbocycles. The third kappa shape index (κ3) is 5.88. The fourth-order valence-corrected chi connectivity index (χ4v) is 2.03. The topological polar surface area (TPSA) is 49.3 Å². The molecule has 0 aliphatic rings. The lowest BCUT2D eigenvalue weighted by atomic mass is 9.96. The standard InChI is InChI=1S/C16H25NO2/c1-12(2)14-7-6-13(3)15(11-14)8-10-17-9-4-5-16(18)19/h6-7,11-12,17H,4-5,8-10H2,1-3H3,(H,18,19). The van der Waals surface area contributed by atoms with Gasteiger partial charge in [-0.3, -0.25) is 4.79 Å². The average molecular weight is 263 g/mol. The summed E-state index contributed by atoms with van der Waals surface area (Å²) >= 11 is 0. The molecule has 0 aliphatic carbocycles. The summed E-state index contributed by atoms with van der Waals surface area (Å²) in [7, 11) is 0. The predicted octanol–water partition coefficient (Wildman–Crippen LogP) is 3.12. The Kier molecular flexibility index (Phi) is 6.57. The smallest absolute Gasteiger partial charge is 0.303 e. The van der Waals surface area contributed by atoms with Crippen molar-refractivity contribution >= 4 is 5.97 Å². The molecule has 3 nitrogen and oxygen atoms in total. The van der Waals surface area contributed by atoms with E-state index in [1.165, 1.54) is 16.7 Å². The number of carboxylic acid groups (broad SMARTS) is 1. The molecule has 0 saturated carbocycles.